The molecule has 1 aliphatic rings. The molecule has 0 fully saturated rings. The van der Waals surface area contributed by atoms with E-state index in [0.29, 0.717) is 6.61 Å². The fraction of sp³-hybridized carbons (Fsp3) is 0.533. The molecule has 0 bridgehead atoms. The average molecular weight is 287 g/mol. The van der Waals surface area contributed by atoms with Gasteiger partial charge in [0, 0.05) is 31.3 Å². The van der Waals surface area contributed by atoms with Crippen molar-refractivity contribution >= 4 is 5.82 Å². The zero-order valence-electron chi connectivity index (χ0n) is 13.0. The maximum absolute atomic E-state index is 5.54. The second-order valence-electron chi connectivity index (χ2n) is 5.32. The number of hydrogen-bond donors (Lipinski definition) is 1. The summed E-state index contributed by atoms with van der Waals surface area (Å²) >= 11 is 0. The summed E-state index contributed by atoms with van der Waals surface area (Å²) in [6.07, 6.45) is 0.835. The van der Waals surface area contributed by atoms with Crippen molar-refractivity contribution in [3.05, 3.63) is 22.6 Å². The van der Waals surface area contributed by atoms with Crippen molar-refractivity contribution in [1.29, 1.82) is 0 Å². The van der Waals surface area contributed by atoms with Crippen LogP contribution in [0, 0.1) is 13.8 Å². The predicted octanol–water partition coefficient (Wildman–Crippen LogP) is 2.00. The average Bonchev–Trinajstić information content (AvgIpc) is 2.72. The first-order chi connectivity index (χ1) is 10.1. The van der Waals surface area contributed by atoms with E-state index in [-0.39, 0.29) is 0 Å². The van der Waals surface area contributed by atoms with Crippen molar-refractivity contribution in [1.82, 2.24) is 19.7 Å². The van der Waals surface area contributed by atoms with E-state index in [1.165, 1.54) is 0 Å². The summed E-state index contributed by atoms with van der Waals surface area (Å²) in [6.45, 7) is 8.25. The van der Waals surface area contributed by atoms with Gasteiger partial charge in [-0.25, -0.2) is 9.97 Å². The van der Waals surface area contributed by atoms with Gasteiger partial charge >= 0.3 is 0 Å². The highest BCUT2D eigenvalue weighted by atomic mass is 16.5. The SMILES string of the molecule is CCNc1nc(-c2c(C)nn(C)c2C)nc2c1COCC2. The number of nitrogens with one attached hydrogen (secondary N) is 1. The van der Waals surface area contributed by atoms with Crippen LogP contribution in [-0.2, 0) is 24.8 Å². The summed E-state index contributed by atoms with van der Waals surface area (Å²) in [4.78, 5) is 9.50. The van der Waals surface area contributed by atoms with Gasteiger partial charge in [0.15, 0.2) is 5.82 Å². The molecule has 0 aliphatic carbocycles. The molecule has 3 heterocycles. The molecule has 0 atom stereocenters. The number of rotatable bonds is 3. The van der Waals surface area contributed by atoms with Crippen LogP contribution in [0.1, 0.15) is 29.6 Å². The lowest BCUT2D eigenvalue weighted by molar-refractivity contribution is 0.109. The van der Waals surface area contributed by atoms with Crippen molar-refractivity contribution in [2.75, 3.05) is 18.5 Å². The van der Waals surface area contributed by atoms with Crippen LogP contribution in [0.2, 0.25) is 0 Å². The minimum Gasteiger partial charge on any atom is -0.376 e. The molecule has 0 saturated carbocycles. The molecule has 6 heteroatoms. The molecule has 1 N–H and O–H groups in total. The van der Waals surface area contributed by atoms with Gasteiger partial charge in [-0.3, -0.25) is 4.68 Å². The maximum atomic E-state index is 5.54. The van der Waals surface area contributed by atoms with Gasteiger partial charge in [0.1, 0.15) is 5.82 Å². The monoisotopic (exact) mass is 287 g/mol. The van der Waals surface area contributed by atoms with E-state index in [9.17, 15) is 0 Å². The summed E-state index contributed by atoms with van der Waals surface area (Å²) in [5.41, 5.74) is 5.26. The quantitative estimate of drug-likeness (QED) is 0.935. The Balaban J connectivity index is 2.17. The Kier molecular flexibility index (Phi) is 3.63. The zero-order chi connectivity index (χ0) is 15.0. The summed E-state index contributed by atoms with van der Waals surface area (Å²) < 4.78 is 7.42. The molecule has 3 rings (SSSR count). The van der Waals surface area contributed by atoms with Crippen molar-refractivity contribution in [2.24, 2.45) is 7.05 Å². The summed E-state index contributed by atoms with van der Waals surface area (Å²) in [6, 6.07) is 0. The fourth-order valence-electron chi connectivity index (χ4n) is 2.75. The predicted molar refractivity (Wildman–Crippen MR) is 81.2 cm³/mol. The molecule has 0 unspecified atom stereocenters. The van der Waals surface area contributed by atoms with Crippen molar-refractivity contribution in [3.8, 4) is 11.4 Å². The van der Waals surface area contributed by atoms with Crippen LogP contribution >= 0.6 is 0 Å². The number of hydrogen-bond acceptors (Lipinski definition) is 5. The number of aromatic nitrogens is 4. The molecule has 0 radical (unpaired) electrons. The maximum Gasteiger partial charge on any atom is 0.165 e. The van der Waals surface area contributed by atoms with Crippen LogP contribution in [0.15, 0.2) is 0 Å². The Morgan fingerprint density at radius 1 is 1.29 bits per heavy atom. The Bertz CT molecular complexity index is 677. The third kappa shape index (κ3) is 2.40. The van der Waals surface area contributed by atoms with Gasteiger partial charge in [-0.05, 0) is 20.8 Å². The van der Waals surface area contributed by atoms with E-state index in [4.69, 9.17) is 14.7 Å². The van der Waals surface area contributed by atoms with E-state index in [0.717, 1.165) is 59.4 Å². The molecule has 1 aliphatic heterocycles. The Morgan fingerprint density at radius 2 is 2.10 bits per heavy atom. The third-order valence-electron chi connectivity index (χ3n) is 3.90. The molecular formula is C15H21N5O. The van der Waals surface area contributed by atoms with Gasteiger partial charge in [-0.15, -0.1) is 0 Å². The van der Waals surface area contributed by atoms with Gasteiger partial charge < -0.3 is 10.1 Å². The number of aryl methyl sites for hydroxylation is 2. The first-order valence-corrected chi connectivity index (χ1v) is 7.33. The highest BCUT2D eigenvalue weighted by Crippen LogP contribution is 2.29. The van der Waals surface area contributed by atoms with Crippen LogP contribution in [0.4, 0.5) is 5.82 Å². The van der Waals surface area contributed by atoms with E-state index in [1.807, 2.05) is 25.6 Å². The lowest BCUT2D eigenvalue weighted by Gasteiger charge is -2.20. The van der Waals surface area contributed by atoms with Crippen LogP contribution in [0.5, 0.6) is 0 Å². The smallest absolute Gasteiger partial charge is 0.165 e. The Hall–Kier alpha value is -1.95. The van der Waals surface area contributed by atoms with Crippen LogP contribution < -0.4 is 5.32 Å². The number of nitrogens with zero attached hydrogens (tertiary/aromatic N) is 4. The van der Waals surface area contributed by atoms with Gasteiger partial charge in [0.25, 0.3) is 0 Å². The summed E-state index contributed by atoms with van der Waals surface area (Å²) in [5.74, 6) is 1.65. The minimum absolute atomic E-state index is 0.586. The second-order valence-corrected chi connectivity index (χ2v) is 5.32. The normalized spacial score (nSPS) is 14.1. The zero-order valence-corrected chi connectivity index (χ0v) is 13.0. The largest absolute Gasteiger partial charge is 0.376 e. The van der Waals surface area contributed by atoms with Crippen molar-refractivity contribution in [2.45, 2.75) is 33.8 Å². The molecule has 21 heavy (non-hydrogen) atoms. The molecule has 0 amide bonds. The molecule has 2 aromatic rings. The first kappa shape index (κ1) is 14.0. The van der Waals surface area contributed by atoms with E-state index < -0.39 is 0 Å². The lowest BCUT2D eigenvalue weighted by atomic mass is 10.1. The second kappa shape index (κ2) is 5.44. The molecule has 0 spiro atoms. The molecule has 0 aromatic carbocycles. The molecular weight excluding hydrogens is 266 g/mol. The first-order valence-electron chi connectivity index (χ1n) is 7.33. The molecule has 2 aromatic heterocycles. The van der Waals surface area contributed by atoms with Crippen molar-refractivity contribution < 1.29 is 4.74 Å². The van der Waals surface area contributed by atoms with Crippen molar-refractivity contribution in [3.63, 3.8) is 0 Å². The third-order valence-corrected chi connectivity index (χ3v) is 3.90. The standard InChI is InChI=1S/C15H21N5O/c1-5-16-14-11-8-21-7-6-12(11)17-15(18-14)13-9(2)19-20(4)10(13)3/h5-8H2,1-4H3,(H,16,17,18). The van der Waals surface area contributed by atoms with E-state index in [1.54, 1.807) is 0 Å². The van der Waals surface area contributed by atoms with Crippen LogP contribution in [0.3, 0.4) is 0 Å². The van der Waals surface area contributed by atoms with Gasteiger partial charge in [-0.1, -0.05) is 0 Å². The van der Waals surface area contributed by atoms with Gasteiger partial charge in [0.05, 0.1) is 30.2 Å². The molecule has 0 saturated heterocycles. The molecule has 112 valence electrons. The highest BCUT2D eigenvalue weighted by Gasteiger charge is 2.21. The van der Waals surface area contributed by atoms with Gasteiger partial charge in [-0.2, -0.15) is 5.10 Å². The summed E-state index contributed by atoms with van der Waals surface area (Å²) in [5, 5.41) is 7.80. The van der Waals surface area contributed by atoms with Gasteiger partial charge in [0.2, 0.25) is 0 Å². The van der Waals surface area contributed by atoms with E-state index >= 15 is 0 Å². The number of fused-ring (bicyclic) bond motifs is 1. The van der Waals surface area contributed by atoms with Crippen LogP contribution in [0.25, 0.3) is 11.4 Å². The topological polar surface area (TPSA) is 64.9 Å². The Labute approximate surface area is 124 Å². The Morgan fingerprint density at radius 3 is 2.76 bits per heavy atom. The fourth-order valence-corrected chi connectivity index (χ4v) is 2.75. The summed E-state index contributed by atoms with van der Waals surface area (Å²) in [7, 11) is 1.95. The minimum atomic E-state index is 0.586. The number of ether oxygens (including phenoxy) is 1. The van der Waals surface area contributed by atoms with E-state index in [2.05, 4.69) is 17.3 Å². The highest BCUT2D eigenvalue weighted by molar-refractivity contribution is 5.64. The van der Waals surface area contributed by atoms with Crippen LogP contribution in [-0.4, -0.2) is 32.9 Å². The molecule has 6 nitrogen and oxygen atoms in total. The lowest BCUT2D eigenvalue weighted by Crippen LogP contribution is -2.17. The number of anilines is 1.